The van der Waals surface area contributed by atoms with Crippen molar-refractivity contribution in [3.8, 4) is 17.1 Å². The molecule has 1 aliphatic rings. The van der Waals surface area contributed by atoms with E-state index in [9.17, 15) is 8.42 Å². The average molecular weight is 477 g/mol. The Hall–Kier alpha value is -2.39. The van der Waals surface area contributed by atoms with Gasteiger partial charge in [0.25, 0.3) is 10.0 Å². The number of hydrogen-bond acceptors (Lipinski definition) is 5. The maximum Gasteiger partial charge on any atom is 0.261 e. The van der Waals surface area contributed by atoms with Crippen molar-refractivity contribution in [2.45, 2.75) is 37.1 Å². The van der Waals surface area contributed by atoms with E-state index in [-0.39, 0.29) is 4.90 Å². The highest BCUT2D eigenvalue weighted by molar-refractivity contribution is 9.10. The zero-order valence-electron chi connectivity index (χ0n) is 15.9. The molecule has 0 unspecified atom stereocenters. The normalized spacial score (nSPS) is 14.1. The van der Waals surface area contributed by atoms with E-state index in [0.717, 1.165) is 38.1 Å². The monoisotopic (exact) mass is 476 g/mol. The number of fused-ring (bicyclic) bond motifs is 1. The third-order valence-electron chi connectivity index (χ3n) is 4.96. The van der Waals surface area contributed by atoms with E-state index in [0.29, 0.717) is 27.3 Å². The molecule has 4 rings (SSSR count). The van der Waals surface area contributed by atoms with Crippen LogP contribution in [-0.4, -0.2) is 30.3 Å². The number of ether oxygens (including phenoxy) is 1. The fourth-order valence-electron chi connectivity index (χ4n) is 3.47. The second kappa shape index (κ2) is 8.16. The molecule has 2 heterocycles. The summed E-state index contributed by atoms with van der Waals surface area (Å²) in [6.45, 7) is 0.837. The maximum atomic E-state index is 13.0. The van der Waals surface area contributed by atoms with Crippen molar-refractivity contribution in [1.29, 1.82) is 0 Å². The predicted octanol–water partition coefficient (Wildman–Crippen LogP) is 4.24. The van der Waals surface area contributed by atoms with Gasteiger partial charge in [-0.3, -0.25) is 4.72 Å². The molecule has 1 aliphatic heterocycles. The van der Waals surface area contributed by atoms with Gasteiger partial charge >= 0.3 is 0 Å². The Bertz CT molecular complexity index is 1140. The second-order valence-electron chi connectivity index (χ2n) is 6.85. The van der Waals surface area contributed by atoms with E-state index < -0.39 is 10.0 Å². The summed E-state index contributed by atoms with van der Waals surface area (Å²) >= 11 is 3.34. The highest BCUT2D eigenvalue weighted by Gasteiger charge is 2.22. The Kier molecular flexibility index (Phi) is 5.60. The van der Waals surface area contributed by atoms with Gasteiger partial charge in [0, 0.05) is 18.5 Å². The molecule has 0 amide bonds. The van der Waals surface area contributed by atoms with Gasteiger partial charge in [-0.25, -0.2) is 8.42 Å². The molecule has 3 aromatic rings. The quantitative estimate of drug-likeness (QED) is 0.594. The molecule has 0 spiro atoms. The molecule has 7 nitrogen and oxygen atoms in total. The standard InChI is InChI=1S/C20H21BrN4O3S/c1-28-18-11-10-14(13-16(18)21)29(26,27)24-17-8-5-4-7-15(17)20-23-22-19-9-3-2-6-12-25(19)20/h4-5,7-8,10-11,13,24H,2-3,6,9,12H2,1H3. The van der Waals surface area contributed by atoms with Gasteiger partial charge in [-0.05, 0) is 59.1 Å². The third-order valence-corrected chi connectivity index (χ3v) is 6.94. The number of nitrogens with zero attached hydrogens (tertiary/aromatic N) is 3. The molecule has 1 N–H and O–H groups in total. The van der Waals surface area contributed by atoms with Crippen LogP contribution in [0.25, 0.3) is 11.4 Å². The van der Waals surface area contributed by atoms with Crippen molar-refractivity contribution in [3.05, 3.63) is 52.8 Å². The molecular weight excluding hydrogens is 456 g/mol. The maximum absolute atomic E-state index is 13.0. The zero-order valence-corrected chi connectivity index (χ0v) is 18.3. The minimum atomic E-state index is -3.80. The van der Waals surface area contributed by atoms with Crippen LogP contribution in [0.2, 0.25) is 0 Å². The molecule has 1 aromatic heterocycles. The largest absolute Gasteiger partial charge is 0.496 e. The van der Waals surface area contributed by atoms with Crippen LogP contribution in [0.3, 0.4) is 0 Å². The first-order chi connectivity index (χ1) is 14.0. The number of halogens is 1. The minimum Gasteiger partial charge on any atom is -0.496 e. The third kappa shape index (κ3) is 4.02. The van der Waals surface area contributed by atoms with Crippen LogP contribution in [0.5, 0.6) is 5.75 Å². The van der Waals surface area contributed by atoms with Gasteiger partial charge < -0.3 is 9.30 Å². The lowest BCUT2D eigenvalue weighted by molar-refractivity contribution is 0.411. The van der Waals surface area contributed by atoms with Crippen molar-refractivity contribution in [1.82, 2.24) is 14.8 Å². The van der Waals surface area contributed by atoms with Gasteiger partial charge in [0.15, 0.2) is 5.82 Å². The summed E-state index contributed by atoms with van der Waals surface area (Å²) in [6.07, 6.45) is 4.20. The fraction of sp³-hybridized carbons (Fsp3) is 0.300. The summed E-state index contributed by atoms with van der Waals surface area (Å²) in [5, 5.41) is 8.70. The molecule has 0 aliphatic carbocycles. The van der Waals surface area contributed by atoms with Crippen molar-refractivity contribution < 1.29 is 13.2 Å². The highest BCUT2D eigenvalue weighted by atomic mass is 79.9. The van der Waals surface area contributed by atoms with Crippen LogP contribution >= 0.6 is 15.9 Å². The molecule has 0 radical (unpaired) electrons. The van der Waals surface area contributed by atoms with E-state index in [1.165, 1.54) is 19.2 Å². The number of hydrogen-bond donors (Lipinski definition) is 1. The molecule has 0 saturated carbocycles. The first-order valence-corrected chi connectivity index (χ1v) is 11.6. The minimum absolute atomic E-state index is 0.139. The van der Waals surface area contributed by atoms with Crippen molar-refractivity contribution in [2.24, 2.45) is 0 Å². The van der Waals surface area contributed by atoms with Gasteiger partial charge in [0.1, 0.15) is 11.6 Å². The van der Waals surface area contributed by atoms with Crippen LogP contribution in [0, 0.1) is 0 Å². The van der Waals surface area contributed by atoms with Gasteiger partial charge in [0.2, 0.25) is 0 Å². The SMILES string of the molecule is COc1ccc(S(=O)(=O)Nc2ccccc2-c2nnc3n2CCCCC3)cc1Br. The van der Waals surface area contributed by atoms with E-state index >= 15 is 0 Å². The molecular formula is C20H21BrN4O3S. The number of rotatable bonds is 5. The summed E-state index contributed by atoms with van der Waals surface area (Å²) < 4.78 is 36.6. The summed E-state index contributed by atoms with van der Waals surface area (Å²) in [7, 11) is -2.26. The molecule has 2 aromatic carbocycles. The number of aromatic nitrogens is 3. The lowest BCUT2D eigenvalue weighted by Crippen LogP contribution is -2.14. The van der Waals surface area contributed by atoms with Crippen LogP contribution in [-0.2, 0) is 23.0 Å². The lowest BCUT2D eigenvalue weighted by atomic mass is 10.1. The van der Waals surface area contributed by atoms with Crippen molar-refractivity contribution in [2.75, 3.05) is 11.8 Å². The Balaban J connectivity index is 1.71. The van der Waals surface area contributed by atoms with Gasteiger partial charge in [-0.2, -0.15) is 0 Å². The smallest absolute Gasteiger partial charge is 0.261 e. The number of aryl methyl sites for hydroxylation is 1. The molecule has 9 heteroatoms. The summed E-state index contributed by atoms with van der Waals surface area (Å²) in [6, 6.07) is 11.9. The van der Waals surface area contributed by atoms with E-state index in [1.807, 2.05) is 12.1 Å². The molecule has 0 fully saturated rings. The first kappa shape index (κ1) is 19.9. The molecule has 0 atom stereocenters. The first-order valence-electron chi connectivity index (χ1n) is 9.37. The van der Waals surface area contributed by atoms with Gasteiger partial charge in [-0.1, -0.05) is 18.6 Å². The number of sulfonamides is 1. The summed E-state index contributed by atoms with van der Waals surface area (Å²) in [5.74, 6) is 2.21. The molecule has 152 valence electrons. The zero-order chi connectivity index (χ0) is 20.4. The second-order valence-corrected chi connectivity index (χ2v) is 9.39. The van der Waals surface area contributed by atoms with Gasteiger partial charge in [0.05, 0.1) is 22.2 Å². The number of para-hydroxylation sites is 1. The number of benzene rings is 2. The van der Waals surface area contributed by atoms with Crippen LogP contribution in [0.15, 0.2) is 51.8 Å². The summed E-state index contributed by atoms with van der Waals surface area (Å²) in [5.41, 5.74) is 1.18. The predicted molar refractivity (Wildman–Crippen MR) is 115 cm³/mol. The average Bonchev–Trinajstić information content (AvgIpc) is 2.96. The van der Waals surface area contributed by atoms with E-state index in [4.69, 9.17) is 4.74 Å². The lowest BCUT2D eigenvalue weighted by Gasteiger charge is -2.14. The van der Waals surface area contributed by atoms with Crippen molar-refractivity contribution >= 4 is 31.6 Å². The number of nitrogens with one attached hydrogen (secondary N) is 1. The van der Waals surface area contributed by atoms with Crippen molar-refractivity contribution in [3.63, 3.8) is 0 Å². The van der Waals surface area contributed by atoms with E-state index in [1.54, 1.807) is 18.2 Å². The Labute approximate surface area is 178 Å². The number of anilines is 1. The Morgan fingerprint density at radius 3 is 2.72 bits per heavy atom. The Morgan fingerprint density at radius 2 is 1.93 bits per heavy atom. The van der Waals surface area contributed by atoms with Gasteiger partial charge in [-0.15, -0.1) is 10.2 Å². The molecule has 29 heavy (non-hydrogen) atoms. The van der Waals surface area contributed by atoms with Crippen LogP contribution in [0.4, 0.5) is 5.69 Å². The molecule has 0 saturated heterocycles. The highest BCUT2D eigenvalue weighted by Crippen LogP contribution is 2.32. The summed E-state index contributed by atoms with van der Waals surface area (Å²) in [4.78, 5) is 0.139. The van der Waals surface area contributed by atoms with Crippen LogP contribution < -0.4 is 9.46 Å². The van der Waals surface area contributed by atoms with E-state index in [2.05, 4.69) is 35.4 Å². The van der Waals surface area contributed by atoms with Crippen LogP contribution in [0.1, 0.15) is 25.1 Å². The molecule has 0 bridgehead atoms. The number of methoxy groups -OCH3 is 1. The Morgan fingerprint density at radius 1 is 1.10 bits per heavy atom. The topological polar surface area (TPSA) is 86.1 Å². The fourth-order valence-corrected chi connectivity index (χ4v) is 5.27.